The number of hydrogen-bond acceptors (Lipinski definition) is 3. The van der Waals surface area contributed by atoms with Gasteiger partial charge in [0.2, 0.25) is 0 Å². The molecule has 1 aromatic heterocycles. The third kappa shape index (κ3) is 1.92. The summed E-state index contributed by atoms with van der Waals surface area (Å²) < 4.78 is 8.19. The van der Waals surface area contributed by atoms with Gasteiger partial charge in [0.15, 0.2) is 5.82 Å². The Morgan fingerprint density at radius 1 is 1.44 bits per heavy atom. The Balaban J connectivity index is 2.20. The molecule has 0 fully saturated rings. The van der Waals surface area contributed by atoms with Crippen LogP contribution in [-0.2, 0) is 17.8 Å². The van der Waals surface area contributed by atoms with E-state index in [2.05, 4.69) is 21.0 Å². The molecule has 1 aliphatic heterocycles. The van der Waals surface area contributed by atoms with E-state index >= 15 is 0 Å². The van der Waals surface area contributed by atoms with Gasteiger partial charge in [0, 0.05) is 21.5 Å². The highest BCUT2D eigenvalue weighted by Gasteiger charge is 2.21. The second-order valence-electron chi connectivity index (χ2n) is 4.12. The number of nitrogen functional groups attached to an aromatic ring is 1. The van der Waals surface area contributed by atoms with Crippen molar-refractivity contribution in [3.05, 3.63) is 39.0 Å². The molecule has 0 spiro atoms. The highest BCUT2D eigenvalue weighted by Crippen LogP contribution is 2.30. The average Bonchev–Trinajstić information content (AvgIpc) is 2.71. The summed E-state index contributed by atoms with van der Waals surface area (Å²) in [6, 6.07) is 5.60. The van der Waals surface area contributed by atoms with Crippen molar-refractivity contribution in [2.75, 3.05) is 12.3 Å². The average molecular weight is 329 g/mol. The van der Waals surface area contributed by atoms with Crippen LogP contribution >= 0.6 is 27.5 Å². The van der Waals surface area contributed by atoms with Crippen molar-refractivity contribution in [3.8, 4) is 5.69 Å². The van der Waals surface area contributed by atoms with Crippen molar-refractivity contribution in [1.29, 1.82) is 0 Å². The first-order chi connectivity index (χ1) is 8.66. The minimum absolute atomic E-state index is 0.525. The largest absolute Gasteiger partial charge is 0.382 e. The number of hydrogen-bond donors (Lipinski definition) is 1. The normalized spacial score (nSPS) is 14.6. The molecule has 0 radical (unpaired) electrons. The van der Waals surface area contributed by atoms with Gasteiger partial charge in [-0.25, -0.2) is 4.68 Å². The van der Waals surface area contributed by atoms with E-state index in [-0.39, 0.29) is 0 Å². The topological polar surface area (TPSA) is 53.1 Å². The molecule has 0 amide bonds. The Kier molecular flexibility index (Phi) is 3.05. The summed E-state index contributed by atoms with van der Waals surface area (Å²) in [5.74, 6) is 0.525. The maximum Gasteiger partial charge on any atom is 0.151 e. The number of fused-ring (bicyclic) bond motifs is 1. The molecule has 0 bridgehead atoms. The lowest BCUT2D eigenvalue weighted by molar-refractivity contribution is 0.110. The summed E-state index contributed by atoms with van der Waals surface area (Å²) in [4.78, 5) is 0. The Hall–Kier alpha value is -1.04. The molecule has 2 heterocycles. The zero-order valence-corrected chi connectivity index (χ0v) is 11.8. The molecular formula is C12H11BrClN3O. The maximum atomic E-state index is 6.04. The summed E-state index contributed by atoms with van der Waals surface area (Å²) in [5.41, 5.74) is 8.91. The zero-order valence-electron chi connectivity index (χ0n) is 9.49. The Bertz CT molecular complexity index is 612. The molecule has 2 N–H and O–H groups in total. The lowest BCUT2D eigenvalue weighted by atomic mass is 10.1. The first-order valence-corrected chi connectivity index (χ1v) is 6.73. The van der Waals surface area contributed by atoms with Gasteiger partial charge in [-0.1, -0.05) is 11.6 Å². The van der Waals surface area contributed by atoms with Gasteiger partial charge in [-0.2, -0.15) is 5.10 Å². The van der Waals surface area contributed by atoms with E-state index in [1.165, 1.54) is 0 Å². The fraction of sp³-hybridized carbons (Fsp3) is 0.250. The van der Waals surface area contributed by atoms with Crippen LogP contribution in [0.3, 0.4) is 0 Å². The monoisotopic (exact) mass is 327 g/mol. The molecule has 0 aliphatic carbocycles. The third-order valence-corrected chi connectivity index (χ3v) is 3.89. The molecule has 3 rings (SSSR count). The highest BCUT2D eigenvalue weighted by atomic mass is 79.9. The van der Waals surface area contributed by atoms with Crippen LogP contribution in [0.15, 0.2) is 22.7 Å². The predicted octanol–water partition coefficient (Wildman–Crippen LogP) is 2.94. The summed E-state index contributed by atoms with van der Waals surface area (Å²) in [6.45, 7) is 1.22. The Morgan fingerprint density at radius 3 is 3.11 bits per heavy atom. The van der Waals surface area contributed by atoms with Gasteiger partial charge in [-0.3, -0.25) is 0 Å². The van der Waals surface area contributed by atoms with Crippen LogP contribution in [0.5, 0.6) is 0 Å². The summed E-state index contributed by atoms with van der Waals surface area (Å²) in [6.07, 6.45) is 0.804. The van der Waals surface area contributed by atoms with Gasteiger partial charge < -0.3 is 10.5 Å². The van der Waals surface area contributed by atoms with Gasteiger partial charge in [-0.15, -0.1) is 0 Å². The van der Waals surface area contributed by atoms with E-state index in [4.69, 9.17) is 22.1 Å². The summed E-state index contributed by atoms with van der Waals surface area (Å²) in [5, 5.41) is 5.06. The molecule has 6 heteroatoms. The number of aromatic nitrogens is 2. The van der Waals surface area contributed by atoms with Gasteiger partial charge in [0.25, 0.3) is 0 Å². The predicted molar refractivity (Wildman–Crippen MR) is 74.0 cm³/mol. The fourth-order valence-corrected chi connectivity index (χ4v) is 2.69. The van der Waals surface area contributed by atoms with Crippen LogP contribution in [0.25, 0.3) is 5.69 Å². The molecule has 0 unspecified atom stereocenters. The van der Waals surface area contributed by atoms with Crippen molar-refractivity contribution >= 4 is 33.3 Å². The first kappa shape index (κ1) is 12.0. The molecule has 0 saturated carbocycles. The lowest BCUT2D eigenvalue weighted by Crippen LogP contribution is -2.13. The molecule has 1 aromatic carbocycles. The van der Waals surface area contributed by atoms with E-state index < -0.39 is 0 Å². The third-order valence-electron chi connectivity index (χ3n) is 2.99. The van der Waals surface area contributed by atoms with Crippen LogP contribution in [0.4, 0.5) is 5.82 Å². The van der Waals surface area contributed by atoms with Crippen molar-refractivity contribution < 1.29 is 4.74 Å². The van der Waals surface area contributed by atoms with Crippen molar-refractivity contribution in [2.24, 2.45) is 0 Å². The number of rotatable bonds is 1. The first-order valence-electron chi connectivity index (χ1n) is 5.56. The number of ether oxygens (including phenoxy) is 1. The molecule has 0 saturated heterocycles. The fourth-order valence-electron chi connectivity index (χ4n) is 2.11. The van der Waals surface area contributed by atoms with Crippen LogP contribution in [-0.4, -0.2) is 16.4 Å². The summed E-state index contributed by atoms with van der Waals surface area (Å²) >= 11 is 9.55. The van der Waals surface area contributed by atoms with E-state index in [0.29, 0.717) is 24.1 Å². The number of nitrogens with zero attached hydrogens (tertiary/aromatic N) is 2. The molecular weight excluding hydrogens is 318 g/mol. The van der Waals surface area contributed by atoms with E-state index in [0.717, 1.165) is 27.8 Å². The quantitative estimate of drug-likeness (QED) is 0.875. The standard InChI is InChI=1S/C12H11BrClN3O/c13-9-2-1-7(14)5-11(9)17-10-3-4-18-6-8(10)12(15)16-17/h1-2,5H,3-4,6H2,(H2,15,16). The highest BCUT2D eigenvalue weighted by molar-refractivity contribution is 9.10. The second kappa shape index (κ2) is 4.57. The molecule has 0 atom stereocenters. The van der Waals surface area contributed by atoms with Gasteiger partial charge >= 0.3 is 0 Å². The van der Waals surface area contributed by atoms with E-state index in [9.17, 15) is 0 Å². The second-order valence-corrected chi connectivity index (χ2v) is 5.41. The zero-order chi connectivity index (χ0) is 12.7. The molecule has 2 aromatic rings. The lowest BCUT2D eigenvalue weighted by Gasteiger charge is -2.15. The Morgan fingerprint density at radius 2 is 2.28 bits per heavy atom. The van der Waals surface area contributed by atoms with Crippen LogP contribution in [0.1, 0.15) is 11.3 Å². The number of halogens is 2. The van der Waals surface area contributed by atoms with Gasteiger partial charge in [0.1, 0.15) is 0 Å². The molecule has 1 aliphatic rings. The number of benzene rings is 1. The van der Waals surface area contributed by atoms with Crippen molar-refractivity contribution in [3.63, 3.8) is 0 Å². The van der Waals surface area contributed by atoms with Gasteiger partial charge in [-0.05, 0) is 34.1 Å². The minimum atomic E-state index is 0.525. The summed E-state index contributed by atoms with van der Waals surface area (Å²) in [7, 11) is 0. The SMILES string of the molecule is Nc1nn(-c2cc(Cl)ccc2Br)c2c1COCC2. The molecule has 18 heavy (non-hydrogen) atoms. The van der Waals surface area contributed by atoms with Crippen LogP contribution < -0.4 is 5.73 Å². The van der Waals surface area contributed by atoms with Crippen LogP contribution in [0.2, 0.25) is 5.02 Å². The molecule has 4 nitrogen and oxygen atoms in total. The minimum Gasteiger partial charge on any atom is -0.382 e. The van der Waals surface area contributed by atoms with Crippen molar-refractivity contribution in [2.45, 2.75) is 13.0 Å². The van der Waals surface area contributed by atoms with E-state index in [1.807, 2.05) is 22.9 Å². The van der Waals surface area contributed by atoms with Crippen LogP contribution in [0, 0.1) is 0 Å². The number of nitrogens with two attached hydrogens (primary N) is 1. The van der Waals surface area contributed by atoms with E-state index in [1.54, 1.807) is 0 Å². The van der Waals surface area contributed by atoms with Gasteiger partial charge in [0.05, 0.1) is 24.6 Å². The molecule has 94 valence electrons. The maximum absolute atomic E-state index is 6.04. The Labute approximate surface area is 118 Å². The number of anilines is 1. The smallest absolute Gasteiger partial charge is 0.151 e. The van der Waals surface area contributed by atoms with Crippen molar-refractivity contribution in [1.82, 2.24) is 9.78 Å².